The molecule has 2 aliphatic rings. The standard InChI is InChI=1S/C15H20F2N2O2/c1-19-12-3-2-10(14(20)21)8-11(12)18-13(19)9-4-6-15(16,17)7-5-9/h9-10H,2-8H2,1H3,(H,20,21). The molecule has 0 aromatic carbocycles. The predicted octanol–water partition coefficient (Wildman–Crippen LogP) is 2.90. The highest BCUT2D eigenvalue weighted by Crippen LogP contribution is 2.41. The molecule has 0 aliphatic heterocycles. The summed E-state index contributed by atoms with van der Waals surface area (Å²) < 4.78 is 28.6. The van der Waals surface area contributed by atoms with Gasteiger partial charge in [-0.3, -0.25) is 4.79 Å². The Bertz CT molecular complexity index is 558. The number of hydrogen-bond acceptors (Lipinski definition) is 2. The maximum Gasteiger partial charge on any atom is 0.306 e. The van der Waals surface area contributed by atoms with Crippen molar-refractivity contribution in [3.63, 3.8) is 0 Å². The number of nitrogens with zero attached hydrogens (tertiary/aromatic N) is 2. The first kappa shape index (κ1) is 14.5. The number of hydrogen-bond donors (Lipinski definition) is 1. The van der Waals surface area contributed by atoms with E-state index in [0.717, 1.165) is 17.2 Å². The van der Waals surface area contributed by atoms with Crippen molar-refractivity contribution in [3.8, 4) is 0 Å². The van der Waals surface area contributed by atoms with Crippen LogP contribution in [0.15, 0.2) is 0 Å². The number of rotatable bonds is 2. The molecule has 1 unspecified atom stereocenters. The Kier molecular flexibility index (Phi) is 3.50. The summed E-state index contributed by atoms with van der Waals surface area (Å²) in [7, 11) is 1.93. The molecule has 0 saturated heterocycles. The van der Waals surface area contributed by atoms with Crippen LogP contribution in [0, 0.1) is 5.92 Å². The van der Waals surface area contributed by atoms with Crippen molar-refractivity contribution in [2.45, 2.75) is 56.8 Å². The van der Waals surface area contributed by atoms with Gasteiger partial charge in [0.1, 0.15) is 5.82 Å². The van der Waals surface area contributed by atoms with Gasteiger partial charge >= 0.3 is 5.97 Å². The molecule has 2 aliphatic carbocycles. The highest BCUT2D eigenvalue weighted by Gasteiger charge is 2.38. The number of aromatic nitrogens is 2. The third-order valence-electron chi connectivity index (χ3n) is 4.93. The molecule has 0 amide bonds. The minimum atomic E-state index is -2.53. The highest BCUT2D eigenvalue weighted by molar-refractivity contribution is 5.70. The van der Waals surface area contributed by atoms with Crippen LogP contribution in [-0.2, 0) is 24.7 Å². The van der Waals surface area contributed by atoms with Gasteiger partial charge in [0.15, 0.2) is 0 Å². The monoisotopic (exact) mass is 298 g/mol. The molecular weight excluding hydrogens is 278 g/mol. The topological polar surface area (TPSA) is 55.1 Å². The number of imidazole rings is 1. The molecule has 1 fully saturated rings. The number of carbonyl (C=O) groups is 1. The minimum Gasteiger partial charge on any atom is -0.481 e. The molecule has 1 heterocycles. The smallest absolute Gasteiger partial charge is 0.306 e. The lowest BCUT2D eigenvalue weighted by atomic mass is 9.86. The van der Waals surface area contributed by atoms with Crippen molar-refractivity contribution in [1.82, 2.24) is 9.55 Å². The second-order valence-corrected chi connectivity index (χ2v) is 6.33. The first-order valence-corrected chi connectivity index (χ1v) is 7.52. The van der Waals surface area contributed by atoms with E-state index >= 15 is 0 Å². The van der Waals surface area contributed by atoms with Crippen LogP contribution < -0.4 is 0 Å². The Labute approximate surface area is 122 Å². The normalized spacial score (nSPS) is 25.6. The van der Waals surface area contributed by atoms with E-state index in [1.54, 1.807) is 0 Å². The molecule has 1 aromatic heterocycles. The molecule has 0 spiro atoms. The lowest BCUT2D eigenvalue weighted by Gasteiger charge is -2.27. The van der Waals surface area contributed by atoms with Gasteiger partial charge in [0.25, 0.3) is 0 Å². The summed E-state index contributed by atoms with van der Waals surface area (Å²) in [6.07, 6.45) is 2.56. The lowest BCUT2D eigenvalue weighted by molar-refractivity contribution is -0.142. The van der Waals surface area contributed by atoms with Crippen LogP contribution in [-0.4, -0.2) is 26.5 Å². The van der Waals surface area contributed by atoms with Gasteiger partial charge in [0.05, 0.1) is 11.6 Å². The number of halogens is 2. The maximum absolute atomic E-state index is 13.3. The lowest BCUT2D eigenvalue weighted by Crippen LogP contribution is -2.25. The largest absolute Gasteiger partial charge is 0.481 e. The van der Waals surface area contributed by atoms with Gasteiger partial charge in [0, 0.05) is 37.9 Å². The van der Waals surface area contributed by atoms with E-state index in [9.17, 15) is 13.6 Å². The quantitative estimate of drug-likeness (QED) is 0.913. The maximum atomic E-state index is 13.3. The summed E-state index contributed by atoms with van der Waals surface area (Å²) >= 11 is 0. The van der Waals surface area contributed by atoms with Crippen LogP contribution in [0.25, 0.3) is 0 Å². The average molecular weight is 298 g/mol. The second kappa shape index (κ2) is 5.07. The number of fused-ring (bicyclic) bond motifs is 1. The third kappa shape index (κ3) is 2.68. The second-order valence-electron chi connectivity index (χ2n) is 6.33. The number of carboxylic acids is 1. The molecule has 0 radical (unpaired) electrons. The number of alkyl halides is 2. The predicted molar refractivity (Wildman–Crippen MR) is 72.5 cm³/mol. The molecule has 3 rings (SSSR count). The molecule has 116 valence electrons. The van der Waals surface area contributed by atoms with E-state index in [1.807, 2.05) is 11.6 Å². The van der Waals surface area contributed by atoms with Crippen LogP contribution in [0.5, 0.6) is 0 Å². The van der Waals surface area contributed by atoms with E-state index in [2.05, 4.69) is 4.98 Å². The highest BCUT2D eigenvalue weighted by atomic mass is 19.3. The SMILES string of the molecule is Cn1c(C2CCC(F)(F)CC2)nc2c1CCC(C(=O)O)C2. The molecular formula is C15H20F2N2O2. The Morgan fingerprint density at radius 1 is 1.33 bits per heavy atom. The molecule has 4 nitrogen and oxygen atoms in total. The van der Waals surface area contributed by atoms with E-state index < -0.39 is 11.9 Å². The summed E-state index contributed by atoms with van der Waals surface area (Å²) in [6.45, 7) is 0. The Balaban J connectivity index is 1.81. The first-order valence-electron chi connectivity index (χ1n) is 7.52. The van der Waals surface area contributed by atoms with Gasteiger partial charge in [-0.05, 0) is 25.7 Å². The van der Waals surface area contributed by atoms with Crippen molar-refractivity contribution in [2.24, 2.45) is 13.0 Å². The Morgan fingerprint density at radius 3 is 2.62 bits per heavy atom. The number of carboxylic acid groups (broad SMARTS) is 1. The van der Waals surface area contributed by atoms with Crippen LogP contribution >= 0.6 is 0 Å². The molecule has 1 atom stereocenters. The van der Waals surface area contributed by atoms with E-state index in [-0.39, 0.29) is 24.7 Å². The van der Waals surface area contributed by atoms with Gasteiger partial charge < -0.3 is 9.67 Å². The third-order valence-corrected chi connectivity index (χ3v) is 4.93. The van der Waals surface area contributed by atoms with Gasteiger partial charge in [-0.1, -0.05) is 0 Å². The van der Waals surface area contributed by atoms with Crippen molar-refractivity contribution in [1.29, 1.82) is 0 Å². The molecule has 21 heavy (non-hydrogen) atoms. The Hall–Kier alpha value is -1.46. The zero-order chi connectivity index (χ0) is 15.2. The van der Waals surface area contributed by atoms with Crippen LogP contribution in [0.3, 0.4) is 0 Å². The van der Waals surface area contributed by atoms with Gasteiger partial charge in [-0.2, -0.15) is 0 Å². The van der Waals surface area contributed by atoms with E-state index in [1.165, 1.54) is 0 Å². The van der Waals surface area contributed by atoms with E-state index in [0.29, 0.717) is 32.1 Å². The summed E-state index contributed by atoms with van der Waals surface area (Å²) in [5, 5.41) is 9.13. The molecule has 1 saturated carbocycles. The van der Waals surface area contributed by atoms with Gasteiger partial charge in [-0.25, -0.2) is 13.8 Å². The van der Waals surface area contributed by atoms with Crippen LogP contribution in [0.4, 0.5) is 8.78 Å². The fourth-order valence-corrected chi connectivity index (χ4v) is 3.61. The first-order chi connectivity index (χ1) is 9.87. The van der Waals surface area contributed by atoms with Crippen molar-refractivity contribution >= 4 is 5.97 Å². The summed E-state index contributed by atoms with van der Waals surface area (Å²) in [5.74, 6) is -2.73. The van der Waals surface area contributed by atoms with Crippen molar-refractivity contribution < 1.29 is 18.7 Å². The summed E-state index contributed by atoms with van der Waals surface area (Å²) in [5.41, 5.74) is 1.93. The van der Waals surface area contributed by atoms with E-state index in [4.69, 9.17) is 5.11 Å². The molecule has 1 aromatic rings. The van der Waals surface area contributed by atoms with Crippen molar-refractivity contribution in [3.05, 3.63) is 17.2 Å². The average Bonchev–Trinajstić information content (AvgIpc) is 2.76. The van der Waals surface area contributed by atoms with Crippen molar-refractivity contribution in [2.75, 3.05) is 0 Å². The molecule has 6 heteroatoms. The fourth-order valence-electron chi connectivity index (χ4n) is 3.61. The van der Waals surface area contributed by atoms with Gasteiger partial charge in [0.2, 0.25) is 5.92 Å². The number of aliphatic carboxylic acids is 1. The van der Waals surface area contributed by atoms with Crippen LogP contribution in [0.1, 0.15) is 55.2 Å². The Morgan fingerprint density at radius 2 is 2.00 bits per heavy atom. The zero-order valence-corrected chi connectivity index (χ0v) is 12.1. The molecule has 1 N–H and O–H groups in total. The summed E-state index contributed by atoms with van der Waals surface area (Å²) in [4.78, 5) is 15.7. The van der Waals surface area contributed by atoms with Gasteiger partial charge in [-0.15, -0.1) is 0 Å². The molecule has 0 bridgehead atoms. The summed E-state index contributed by atoms with van der Waals surface area (Å²) in [6, 6.07) is 0. The zero-order valence-electron chi connectivity index (χ0n) is 12.1. The minimum absolute atomic E-state index is 0.0727. The van der Waals surface area contributed by atoms with Crippen LogP contribution in [0.2, 0.25) is 0 Å². The fraction of sp³-hybridized carbons (Fsp3) is 0.733.